The van der Waals surface area contributed by atoms with E-state index in [0.29, 0.717) is 6.61 Å². The molecule has 0 spiro atoms. The highest BCUT2D eigenvalue weighted by molar-refractivity contribution is 7.74. The minimum Gasteiger partial charge on any atom is -0.466 e. The Morgan fingerprint density at radius 2 is 1.58 bits per heavy atom. The van der Waals surface area contributed by atoms with Crippen LogP contribution in [-0.2, 0) is 29.9 Å². The minimum atomic E-state index is -2.62. The molecule has 7 heteroatoms. The zero-order valence-electron chi connectivity index (χ0n) is 11.3. The van der Waals surface area contributed by atoms with Crippen LogP contribution < -0.4 is 0 Å². The van der Waals surface area contributed by atoms with Crippen LogP contribution in [0.4, 0.5) is 0 Å². The van der Waals surface area contributed by atoms with E-state index < -0.39 is 23.3 Å². The number of carbonyl (C=O) groups excluding carboxylic acids is 2. The van der Waals surface area contributed by atoms with Crippen LogP contribution in [0.2, 0.25) is 0 Å². The van der Waals surface area contributed by atoms with Crippen molar-refractivity contribution in [3.63, 3.8) is 0 Å². The molecule has 0 saturated carbocycles. The van der Waals surface area contributed by atoms with Gasteiger partial charge in [0.05, 0.1) is 19.4 Å². The fraction of sp³-hybridized carbons (Fsp3) is 0.833. The molecule has 0 aromatic carbocycles. The topological polar surface area (TPSA) is 89.9 Å². The summed E-state index contributed by atoms with van der Waals surface area (Å²) in [4.78, 5) is 22.1. The van der Waals surface area contributed by atoms with Crippen LogP contribution in [0.15, 0.2) is 0 Å². The first-order valence-corrected chi connectivity index (χ1v) is 7.57. The molecule has 0 bridgehead atoms. The van der Waals surface area contributed by atoms with Gasteiger partial charge in [-0.25, -0.2) is 0 Å². The zero-order valence-corrected chi connectivity index (χ0v) is 12.1. The molecule has 0 aliphatic carbocycles. The summed E-state index contributed by atoms with van der Waals surface area (Å²) < 4.78 is 27.3. The molecule has 1 unspecified atom stereocenters. The number of rotatable bonds is 11. The van der Waals surface area contributed by atoms with Gasteiger partial charge in [-0.3, -0.25) is 14.1 Å². The summed E-state index contributed by atoms with van der Waals surface area (Å²) in [5.74, 6) is -1.38. The first kappa shape index (κ1) is 18.0. The van der Waals surface area contributed by atoms with Crippen molar-refractivity contribution in [3.8, 4) is 0 Å². The Bertz CT molecular complexity index is 292. The summed E-state index contributed by atoms with van der Waals surface area (Å²) in [6.07, 6.45) is 6.24. The number of unbranched alkanes of at least 4 members (excludes halogenated alkanes) is 5. The minimum absolute atomic E-state index is 0.133. The number of ether oxygens (including phenoxy) is 1. The molecule has 0 radical (unpaired) electrons. The molecular formula is C12H22O6S. The molecule has 0 rings (SSSR count). The van der Waals surface area contributed by atoms with Gasteiger partial charge in [0.25, 0.3) is 0 Å². The molecule has 0 aliphatic rings. The van der Waals surface area contributed by atoms with Crippen molar-refractivity contribution in [3.05, 3.63) is 0 Å². The third-order valence-corrected chi connectivity index (χ3v) is 2.79. The second-order valence-corrected chi connectivity index (χ2v) is 4.76. The summed E-state index contributed by atoms with van der Waals surface area (Å²) in [5.41, 5.74) is 0. The quantitative estimate of drug-likeness (QED) is 0.357. The molecule has 0 saturated heterocycles. The van der Waals surface area contributed by atoms with Gasteiger partial charge in [-0.2, -0.15) is 4.21 Å². The lowest BCUT2D eigenvalue weighted by molar-refractivity contribution is -0.147. The highest BCUT2D eigenvalue weighted by atomic mass is 32.2. The van der Waals surface area contributed by atoms with Crippen molar-refractivity contribution in [1.29, 1.82) is 0 Å². The SMILES string of the molecule is CCCCCCCCOC(=O)CCC(=O)OS(=O)O. The standard InChI is InChI=1S/C12H22O6S/c1-2-3-4-5-6-7-10-17-11(13)8-9-12(14)18-19(15)16/h2-10H2,1H3,(H,15,16). The van der Waals surface area contributed by atoms with E-state index in [4.69, 9.17) is 9.29 Å². The Kier molecular flexibility index (Phi) is 11.5. The van der Waals surface area contributed by atoms with Gasteiger partial charge in [0.15, 0.2) is 0 Å². The molecular weight excluding hydrogens is 272 g/mol. The number of carbonyl (C=O) groups is 2. The molecule has 19 heavy (non-hydrogen) atoms. The average molecular weight is 294 g/mol. The summed E-state index contributed by atoms with van der Waals surface area (Å²) in [6.45, 7) is 2.51. The van der Waals surface area contributed by atoms with E-state index in [-0.39, 0.29) is 12.8 Å². The smallest absolute Gasteiger partial charge is 0.360 e. The van der Waals surface area contributed by atoms with Crippen molar-refractivity contribution < 1.29 is 27.3 Å². The Morgan fingerprint density at radius 3 is 2.21 bits per heavy atom. The zero-order chi connectivity index (χ0) is 14.5. The van der Waals surface area contributed by atoms with Crippen LogP contribution in [0.1, 0.15) is 58.3 Å². The second kappa shape index (κ2) is 12.1. The Hall–Kier alpha value is -0.950. The first-order chi connectivity index (χ1) is 9.06. The van der Waals surface area contributed by atoms with Crippen LogP contribution in [-0.4, -0.2) is 27.3 Å². The molecule has 0 aromatic heterocycles. The van der Waals surface area contributed by atoms with Gasteiger partial charge >= 0.3 is 23.3 Å². The molecule has 0 aromatic rings. The van der Waals surface area contributed by atoms with E-state index in [1.165, 1.54) is 19.3 Å². The van der Waals surface area contributed by atoms with Gasteiger partial charge in [0, 0.05) is 0 Å². The van der Waals surface area contributed by atoms with E-state index in [1.807, 2.05) is 0 Å². The van der Waals surface area contributed by atoms with Crippen molar-refractivity contribution in [2.24, 2.45) is 0 Å². The largest absolute Gasteiger partial charge is 0.466 e. The third kappa shape index (κ3) is 13.3. The highest BCUT2D eigenvalue weighted by Gasteiger charge is 2.11. The summed E-state index contributed by atoms with van der Waals surface area (Å²) in [7, 11) is 0. The van der Waals surface area contributed by atoms with Crippen molar-refractivity contribution in [1.82, 2.24) is 0 Å². The van der Waals surface area contributed by atoms with Crippen molar-refractivity contribution in [2.75, 3.05) is 6.61 Å². The summed E-state index contributed by atoms with van der Waals surface area (Å²) in [6, 6.07) is 0. The van der Waals surface area contributed by atoms with Crippen molar-refractivity contribution in [2.45, 2.75) is 58.3 Å². The molecule has 6 nitrogen and oxygen atoms in total. The van der Waals surface area contributed by atoms with Crippen LogP contribution >= 0.6 is 0 Å². The fourth-order valence-corrected chi connectivity index (χ4v) is 1.71. The molecule has 0 aliphatic heterocycles. The predicted octanol–water partition coefficient (Wildman–Crippen LogP) is 2.35. The number of esters is 1. The third-order valence-electron chi connectivity index (χ3n) is 2.46. The van der Waals surface area contributed by atoms with E-state index in [0.717, 1.165) is 19.3 Å². The van der Waals surface area contributed by atoms with Crippen molar-refractivity contribution >= 4 is 23.3 Å². The summed E-state index contributed by atoms with van der Waals surface area (Å²) in [5, 5.41) is 0. The monoisotopic (exact) mass is 294 g/mol. The number of hydrogen-bond donors (Lipinski definition) is 1. The Morgan fingerprint density at radius 1 is 1.00 bits per heavy atom. The lowest BCUT2D eigenvalue weighted by atomic mass is 10.1. The van der Waals surface area contributed by atoms with Crippen LogP contribution in [0, 0.1) is 0 Å². The molecule has 1 N–H and O–H groups in total. The Balaban J connectivity index is 3.39. The van der Waals surface area contributed by atoms with Crippen LogP contribution in [0.3, 0.4) is 0 Å². The van der Waals surface area contributed by atoms with E-state index in [9.17, 15) is 13.8 Å². The van der Waals surface area contributed by atoms with Gasteiger partial charge in [-0.1, -0.05) is 39.0 Å². The van der Waals surface area contributed by atoms with Gasteiger partial charge < -0.3 is 8.92 Å². The maximum absolute atomic E-state index is 11.2. The van der Waals surface area contributed by atoms with Gasteiger partial charge in [0.2, 0.25) is 0 Å². The molecule has 112 valence electrons. The van der Waals surface area contributed by atoms with Crippen LogP contribution in [0.25, 0.3) is 0 Å². The normalized spacial score (nSPS) is 11.9. The fourth-order valence-electron chi connectivity index (χ4n) is 1.47. The van der Waals surface area contributed by atoms with E-state index in [1.54, 1.807) is 0 Å². The van der Waals surface area contributed by atoms with Gasteiger partial charge in [0.1, 0.15) is 0 Å². The average Bonchev–Trinajstić information content (AvgIpc) is 2.34. The lowest BCUT2D eigenvalue weighted by Gasteiger charge is -2.04. The highest BCUT2D eigenvalue weighted by Crippen LogP contribution is 2.05. The van der Waals surface area contributed by atoms with Gasteiger partial charge in [-0.15, -0.1) is 0 Å². The number of hydrogen-bond acceptors (Lipinski definition) is 5. The van der Waals surface area contributed by atoms with E-state index in [2.05, 4.69) is 11.1 Å². The maximum atomic E-state index is 11.2. The van der Waals surface area contributed by atoms with Gasteiger partial charge in [-0.05, 0) is 6.42 Å². The summed E-state index contributed by atoms with van der Waals surface area (Å²) >= 11 is -2.62. The molecule has 0 heterocycles. The maximum Gasteiger partial charge on any atom is 0.360 e. The second-order valence-electron chi connectivity index (χ2n) is 4.16. The lowest BCUT2D eigenvalue weighted by Crippen LogP contribution is -2.11. The molecule has 0 amide bonds. The van der Waals surface area contributed by atoms with Crippen LogP contribution in [0.5, 0.6) is 0 Å². The predicted molar refractivity (Wildman–Crippen MR) is 70.4 cm³/mol. The Labute approximate surface area is 116 Å². The molecule has 0 fully saturated rings. The van der Waals surface area contributed by atoms with E-state index >= 15 is 0 Å². The molecule has 1 atom stereocenters. The first-order valence-electron chi connectivity index (χ1n) is 6.54.